The molecule has 0 amide bonds. The molecule has 4 nitrogen and oxygen atoms in total. The second-order valence-corrected chi connectivity index (χ2v) is 3.38. The van der Waals surface area contributed by atoms with E-state index in [1.807, 2.05) is 12.1 Å². The van der Waals surface area contributed by atoms with E-state index < -0.39 is 0 Å². The first-order chi connectivity index (χ1) is 7.31. The summed E-state index contributed by atoms with van der Waals surface area (Å²) in [5, 5.41) is 0. The fourth-order valence-electron chi connectivity index (χ4n) is 1.65. The maximum absolute atomic E-state index is 11.4. The highest BCUT2D eigenvalue weighted by atomic mass is 16.7. The van der Waals surface area contributed by atoms with Crippen LogP contribution in [-0.2, 0) is 22.6 Å². The quantitative estimate of drug-likeness (QED) is 0.736. The standard InChI is InChI=1S/C11H13NO3/c1-12-15-11(13)9-3-2-8-4-5-14-7-10(8)6-9/h2-3,6,12H,4-5,7H2,1H3. The van der Waals surface area contributed by atoms with Gasteiger partial charge in [-0.1, -0.05) is 6.07 Å². The summed E-state index contributed by atoms with van der Waals surface area (Å²) in [6, 6.07) is 5.57. The predicted molar refractivity (Wildman–Crippen MR) is 54.3 cm³/mol. The van der Waals surface area contributed by atoms with Crippen molar-refractivity contribution in [3.8, 4) is 0 Å². The molecular weight excluding hydrogens is 194 g/mol. The molecule has 1 aliphatic rings. The Labute approximate surface area is 88.1 Å². The molecule has 0 aliphatic carbocycles. The van der Waals surface area contributed by atoms with Gasteiger partial charge >= 0.3 is 5.97 Å². The highest BCUT2D eigenvalue weighted by Crippen LogP contribution is 2.18. The summed E-state index contributed by atoms with van der Waals surface area (Å²) in [7, 11) is 1.55. The number of hydrogen-bond donors (Lipinski definition) is 1. The minimum atomic E-state index is -0.370. The van der Waals surface area contributed by atoms with Gasteiger partial charge in [-0.15, -0.1) is 0 Å². The number of carbonyl (C=O) groups is 1. The van der Waals surface area contributed by atoms with Crippen molar-refractivity contribution < 1.29 is 14.4 Å². The monoisotopic (exact) mass is 207 g/mol. The van der Waals surface area contributed by atoms with Crippen molar-refractivity contribution >= 4 is 5.97 Å². The number of fused-ring (bicyclic) bond motifs is 1. The van der Waals surface area contributed by atoms with Crippen LogP contribution in [0.1, 0.15) is 21.5 Å². The zero-order valence-corrected chi connectivity index (χ0v) is 8.58. The second kappa shape index (κ2) is 4.42. The Kier molecular flexibility index (Phi) is 2.99. The Morgan fingerprint density at radius 3 is 3.13 bits per heavy atom. The van der Waals surface area contributed by atoms with Gasteiger partial charge in [-0.2, -0.15) is 5.48 Å². The molecule has 0 fully saturated rings. The van der Waals surface area contributed by atoms with Gasteiger partial charge < -0.3 is 9.57 Å². The number of nitrogens with one attached hydrogen (secondary N) is 1. The normalized spacial score (nSPS) is 14.5. The maximum atomic E-state index is 11.4. The van der Waals surface area contributed by atoms with Gasteiger partial charge in [0.25, 0.3) is 0 Å². The molecule has 0 aromatic heterocycles. The van der Waals surface area contributed by atoms with E-state index in [4.69, 9.17) is 4.74 Å². The van der Waals surface area contributed by atoms with Crippen LogP contribution < -0.4 is 5.48 Å². The molecule has 1 aromatic rings. The molecule has 0 saturated heterocycles. The summed E-state index contributed by atoms with van der Waals surface area (Å²) < 4.78 is 5.32. The van der Waals surface area contributed by atoms with Crippen LogP contribution in [0.2, 0.25) is 0 Å². The molecule has 80 valence electrons. The third-order valence-electron chi connectivity index (χ3n) is 2.41. The van der Waals surface area contributed by atoms with Gasteiger partial charge in [0.05, 0.1) is 18.8 Å². The Morgan fingerprint density at radius 2 is 2.33 bits per heavy atom. The van der Waals surface area contributed by atoms with Gasteiger partial charge in [0.2, 0.25) is 0 Å². The summed E-state index contributed by atoms with van der Waals surface area (Å²) in [5.41, 5.74) is 5.24. The molecule has 0 unspecified atom stereocenters. The highest BCUT2D eigenvalue weighted by molar-refractivity contribution is 5.89. The van der Waals surface area contributed by atoms with Crippen LogP contribution >= 0.6 is 0 Å². The van der Waals surface area contributed by atoms with Crippen LogP contribution in [0.4, 0.5) is 0 Å². The fraction of sp³-hybridized carbons (Fsp3) is 0.364. The lowest BCUT2D eigenvalue weighted by atomic mass is 10.0. The van der Waals surface area contributed by atoms with E-state index >= 15 is 0 Å². The SMILES string of the molecule is CNOC(=O)c1ccc2c(c1)COCC2. The lowest BCUT2D eigenvalue weighted by Gasteiger charge is -2.16. The van der Waals surface area contributed by atoms with E-state index in [2.05, 4.69) is 10.3 Å². The number of rotatable bonds is 2. The van der Waals surface area contributed by atoms with Crippen LogP contribution in [0.25, 0.3) is 0 Å². The van der Waals surface area contributed by atoms with E-state index in [1.54, 1.807) is 13.1 Å². The summed E-state index contributed by atoms with van der Waals surface area (Å²) in [4.78, 5) is 16.1. The second-order valence-electron chi connectivity index (χ2n) is 3.38. The Balaban J connectivity index is 2.24. The van der Waals surface area contributed by atoms with Crippen LogP contribution in [0.15, 0.2) is 18.2 Å². The zero-order valence-electron chi connectivity index (χ0n) is 8.58. The van der Waals surface area contributed by atoms with Crippen molar-refractivity contribution in [3.63, 3.8) is 0 Å². The van der Waals surface area contributed by atoms with Gasteiger partial charge in [-0.25, -0.2) is 4.79 Å². The van der Waals surface area contributed by atoms with Gasteiger partial charge in [0, 0.05) is 7.05 Å². The van der Waals surface area contributed by atoms with Gasteiger partial charge in [0.1, 0.15) is 0 Å². The van der Waals surface area contributed by atoms with Crippen LogP contribution in [-0.4, -0.2) is 19.6 Å². The Hall–Kier alpha value is -1.39. The Bertz CT molecular complexity index is 376. The zero-order chi connectivity index (χ0) is 10.7. The lowest BCUT2D eigenvalue weighted by Crippen LogP contribution is -2.16. The van der Waals surface area contributed by atoms with Crippen molar-refractivity contribution in [2.75, 3.05) is 13.7 Å². The molecular formula is C11H13NO3. The molecule has 0 saturated carbocycles. The van der Waals surface area contributed by atoms with Crippen molar-refractivity contribution in [3.05, 3.63) is 34.9 Å². The molecule has 1 aromatic carbocycles. The van der Waals surface area contributed by atoms with Crippen molar-refractivity contribution in [1.29, 1.82) is 0 Å². The largest absolute Gasteiger partial charge is 0.376 e. The Morgan fingerprint density at radius 1 is 1.47 bits per heavy atom. The molecule has 1 heterocycles. The average molecular weight is 207 g/mol. The van der Waals surface area contributed by atoms with E-state index in [-0.39, 0.29) is 5.97 Å². The van der Waals surface area contributed by atoms with Gasteiger partial charge in [0.15, 0.2) is 0 Å². The topological polar surface area (TPSA) is 47.6 Å². The van der Waals surface area contributed by atoms with Crippen LogP contribution in [0.5, 0.6) is 0 Å². The first-order valence-electron chi connectivity index (χ1n) is 4.88. The minimum absolute atomic E-state index is 0.370. The summed E-state index contributed by atoms with van der Waals surface area (Å²) in [6.45, 7) is 1.34. The van der Waals surface area contributed by atoms with Crippen LogP contribution in [0.3, 0.4) is 0 Å². The lowest BCUT2D eigenvalue weighted by molar-refractivity contribution is 0.0309. The van der Waals surface area contributed by atoms with E-state index in [0.717, 1.165) is 18.6 Å². The predicted octanol–water partition coefficient (Wildman–Crippen LogP) is 1.05. The number of hydrogen-bond acceptors (Lipinski definition) is 4. The van der Waals surface area contributed by atoms with Gasteiger partial charge in [-0.3, -0.25) is 0 Å². The number of benzene rings is 1. The van der Waals surface area contributed by atoms with Crippen molar-refractivity contribution in [1.82, 2.24) is 5.48 Å². The molecule has 0 spiro atoms. The van der Waals surface area contributed by atoms with E-state index in [1.165, 1.54) is 5.56 Å². The van der Waals surface area contributed by atoms with Crippen molar-refractivity contribution in [2.24, 2.45) is 0 Å². The maximum Gasteiger partial charge on any atom is 0.356 e. The van der Waals surface area contributed by atoms with E-state index in [0.29, 0.717) is 12.2 Å². The molecule has 2 rings (SSSR count). The molecule has 1 N–H and O–H groups in total. The smallest absolute Gasteiger partial charge is 0.356 e. The molecule has 1 aliphatic heterocycles. The third-order valence-corrected chi connectivity index (χ3v) is 2.41. The summed E-state index contributed by atoms with van der Waals surface area (Å²) in [6.07, 6.45) is 0.913. The van der Waals surface area contributed by atoms with E-state index in [9.17, 15) is 4.79 Å². The van der Waals surface area contributed by atoms with Crippen LogP contribution in [0, 0.1) is 0 Å². The fourth-order valence-corrected chi connectivity index (χ4v) is 1.65. The first-order valence-corrected chi connectivity index (χ1v) is 4.88. The molecule has 4 heteroatoms. The van der Waals surface area contributed by atoms with Gasteiger partial charge in [-0.05, 0) is 29.7 Å². The summed E-state index contributed by atoms with van der Waals surface area (Å²) in [5.74, 6) is -0.370. The number of hydroxylamine groups is 1. The molecule has 0 bridgehead atoms. The number of carbonyl (C=O) groups excluding carboxylic acids is 1. The molecule has 15 heavy (non-hydrogen) atoms. The number of ether oxygens (including phenoxy) is 1. The molecule has 0 atom stereocenters. The summed E-state index contributed by atoms with van der Waals surface area (Å²) >= 11 is 0. The van der Waals surface area contributed by atoms with Crippen molar-refractivity contribution in [2.45, 2.75) is 13.0 Å². The highest BCUT2D eigenvalue weighted by Gasteiger charge is 2.13. The molecule has 0 radical (unpaired) electrons. The third kappa shape index (κ3) is 2.16. The minimum Gasteiger partial charge on any atom is -0.376 e. The average Bonchev–Trinajstić information content (AvgIpc) is 2.29. The first kappa shape index (κ1) is 10.1.